The zero-order valence-electron chi connectivity index (χ0n) is 10.6. The minimum atomic E-state index is -0.518. The van der Waals surface area contributed by atoms with Gasteiger partial charge in [0.1, 0.15) is 6.61 Å². The molecule has 1 aliphatic rings. The third kappa shape index (κ3) is 3.69. The van der Waals surface area contributed by atoms with Crippen LogP contribution in [0.5, 0.6) is 0 Å². The molecule has 0 unspecified atom stereocenters. The maximum Gasteiger partial charge on any atom is 0.251 e. The molecule has 102 valence electrons. The fourth-order valence-electron chi connectivity index (χ4n) is 1.94. The molecule has 6 nitrogen and oxygen atoms in total. The number of hydrogen-bond donors (Lipinski definition) is 3. The van der Waals surface area contributed by atoms with Gasteiger partial charge >= 0.3 is 0 Å². The number of rotatable bonds is 6. The molecule has 0 saturated heterocycles. The van der Waals surface area contributed by atoms with Gasteiger partial charge in [0, 0.05) is 24.3 Å². The number of hydrogen-bond acceptors (Lipinski definition) is 4. The number of nitrogens with one attached hydrogen (secondary N) is 2. The van der Waals surface area contributed by atoms with Crippen molar-refractivity contribution in [1.29, 1.82) is 0 Å². The highest BCUT2D eigenvalue weighted by Gasteiger charge is 2.12. The molecule has 1 aliphatic heterocycles. The van der Waals surface area contributed by atoms with Crippen LogP contribution in [0.3, 0.4) is 0 Å². The Morgan fingerprint density at radius 2 is 2.26 bits per heavy atom. The Bertz CT molecular complexity index is 488. The van der Waals surface area contributed by atoms with Crippen molar-refractivity contribution in [1.82, 2.24) is 5.32 Å². The third-order valence-electron chi connectivity index (χ3n) is 2.86. The average molecular weight is 263 g/mol. The first kappa shape index (κ1) is 13.4. The second-order valence-electron chi connectivity index (χ2n) is 4.32. The van der Waals surface area contributed by atoms with Crippen molar-refractivity contribution in [3.63, 3.8) is 0 Å². The lowest BCUT2D eigenvalue weighted by molar-refractivity contribution is -0.122. The first-order valence-corrected chi connectivity index (χ1v) is 6.18. The quantitative estimate of drug-likeness (QED) is 0.624. The van der Waals surface area contributed by atoms with Gasteiger partial charge in [-0.1, -0.05) is 6.07 Å². The molecule has 4 N–H and O–H groups in total. The number of nitrogens with two attached hydrogens (primary N) is 1. The van der Waals surface area contributed by atoms with Crippen molar-refractivity contribution < 1.29 is 14.3 Å². The van der Waals surface area contributed by atoms with Crippen LogP contribution in [0.4, 0.5) is 5.69 Å². The second kappa shape index (κ2) is 6.19. The summed E-state index contributed by atoms with van der Waals surface area (Å²) < 4.78 is 4.95. The Hall–Kier alpha value is -2.08. The Labute approximate surface area is 111 Å². The van der Waals surface area contributed by atoms with Crippen LogP contribution in [0.1, 0.15) is 15.9 Å². The summed E-state index contributed by atoms with van der Waals surface area (Å²) in [6.45, 7) is 1.40. The second-order valence-corrected chi connectivity index (χ2v) is 4.32. The van der Waals surface area contributed by atoms with E-state index in [1.54, 1.807) is 0 Å². The fourth-order valence-corrected chi connectivity index (χ4v) is 1.94. The topological polar surface area (TPSA) is 93.5 Å². The molecule has 19 heavy (non-hydrogen) atoms. The van der Waals surface area contributed by atoms with Crippen LogP contribution < -0.4 is 16.4 Å². The predicted octanol–water partition coefficient (Wildman–Crippen LogP) is -0.114. The molecule has 1 heterocycles. The lowest BCUT2D eigenvalue weighted by Gasteiger charge is -2.07. The number of fused-ring (bicyclic) bond motifs is 1. The number of benzene rings is 1. The summed E-state index contributed by atoms with van der Waals surface area (Å²) >= 11 is 0. The summed E-state index contributed by atoms with van der Waals surface area (Å²) in [5, 5.41) is 5.95. The van der Waals surface area contributed by atoms with E-state index in [0.29, 0.717) is 12.1 Å². The van der Waals surface area contributed by atoms with Crippen LogP contribution in [0.15, 0.2) is 18.2 Å². The summed E-state index contributed by atoms with van der Waals surface area (Å²) in [6.07, 6.45) is 0.998. The monoisotopic (exact) mass is 263 g/mol. The van der Waals surface area contributed by atoms with Gasteiger partial charge in [-0.25, -0.2) is 0 Å². The van der Waals surface area contributed by atoms with Crippen molar-refractivity contribution in [2.75, 3.05) is 31.6 Å². The first-order chi connectivity index (χ1) is 9.16. The number of anilines is 1. The molecule has 1 aromatic rings. The van der Waals surface area contributed by atoms with E-state index < -0.39 is 5.91 Å². The van der Waals surface area contributed by atoms with Crippen molar-refractivity contribution in [3.05, 3.63) is 29.3 Å². The summed E-state index contributed by atoms with van der Waals surface area (Å²) in [5.41, 5.74) is 7.80. The van der Waals surface area contributed by atoms with E-state index in [1.807, 2.05) is 18.2 Å². The minimum absolute atomic E-state index is 0.126. The van der Waals surface area contributed by atoms with E-state index in [4.69, 9.17) is 10.5 Å². The zero-order valence-corrected chi connectivity index (χ0v) is 10.6. The van der Waals surface area contributed by atoms with Crippen LogP contribution in [0, 0.1) is 0 Å². The van der Waals surface area contributed by atoms with Crippen LogP contribution in [-0.2, 0) is 16.0 Å². The SMILES string of the molecule is NC(=O)COCCNC(=O)c1ccc2c(c1)NCC2. The van der Waals surface area contributed by atoms with Gasteiger partial charge in [0.15, 0.2) is 0 Å². The van der Waals surface area contributed by atoms with E-state index in [1.165, 1.54) is 5.56 Å². The van der Waals surface area contributed by atoms with Crippen molar-refractivity contribution in [3.8, 4) is 0 Å². The number of carbonyl (C=O) groups is 2. The fraction of sp³-hybridized carbons (Fsp3) is 0.385. The molecule has 0 radical (unpaired) electrons. The predicted molar refractivity (Wildman–Crippen MR) is 71.0 cm³/mol. The summed E-state index contributed by atoms with van der Waals surface area (Å²) in [4.78, 5) is 22.3. The third-order valence-corrected chi connectivity index (χ3v) is 2.86. The van der Waals surface area contributed by atoms with Gasteiger partial charge in [-0.2, -0.15) is 0 Å². The van der Waals surface area contributed by atoms with E-state index in [0.717, 1.165) is 18.7 Å². The molecular formula is C13H17N3O3. The van der Waals surface area contributed by atoms with Crippen molar-refractivity contribution in [2.45, 2.75) is 6.42 Å². The Kier molecular flexibility index (Phi) is 4.35. The first-order valence-electron chi connectivity index (χ1n) is 6.18. The standard InChI is InChI=1S/C13H17N3O3/c14-12(17)8-19-6-5-16-13(18)10-2-1-9-3-4-15-11(9)7-10/h1-2,7,15H,3-6,8H2,(H2,14,17)(H,16,18). The van der Waals surface area contributed by atoms with Gasteiger partial charge in [-0.3, -0.25) is 9.59 Å². The largest absolute Gasteiger partial charge is 0.384 e. The molecular weight excluding hydrogens is 246 g/mol. The summed E-state index contributed by atoms with van der Waals surface area (Å²) in [6, 6.07) is 5.63. The molecule has 0 aliphatic carbocycles. The number of primary amides is 1. The molecule has 0 atom stereocenters. The molecule has 0 fully saturated rings. The number of ether oxygens (including phenoxy) is 1. The molecule has 1 aromatic carbocycles. The number of amides is 2. The van der Waals surface area contributed by atoms with Crippen LogP contribution in [0.25, 0.3) is 0 Å². The van der Waals surface area contributed by atoms with E-state index >= 15 is 0 Å². The Morgan fingerprint density at radius 3 is 3.05 bits per heavy atom. The van der Waals surface area contributed by atoms with E-state index in [-0.39, 0.29) is 19.1 Å². The average Bonchev–Trinajstić information content (AvgIpc) is 2.84. The minimum Gasteiger partial charge on any atom is -0.384 e. The van der Waals surface area contributed by atoms with Gasteiger partial charge in [-0.05, 0) is 24.1 Å². The van der Waals surface area contributed by atoms with Crippen molar-refractivity contribution in [2.24, 2.45) is 5.73 Å². The number of carbonyl (C=O) groups excluding carboxylic acids is 2. The Balaban J connectivity index is 1.78. The highest BCUT2D eigenvalue weighted by molar-refractivity contribution is 5.95. The van der Waals surface area contributed by atoms with Gasteiger partial charge in [0.25, 0.3) is 5.91 Å². The molecule has 0 saturated carbocycles. The molecule has 0 spiro atoms. The molecule has 2 rings (SSSR count). The highest BCUT2D eigenvalue weighted by Crippen LogP contribution is 2.22. The van der Waals surface area contributed by atoms with E-state index in [9.17, 15) is 9.59 Å². The smallest absolute Gasteiger partial charge is 0.251 e. The van der Waals surface area contributed by atoms with Crippen LogP contribution in [0.2, 0.25) is 0 Å². The van der Waals surface area contributed by atoms with Crippen LogP contribution in [-0.4, -0.2) is 38.1 Å². The molecule has 0 bridgehead atoms. The van der Waals surface area contributed by atoms with Gasteiger partial charge < -0.3 is 21.1 Å². The van der Waals surface area contributed by atoms with Gasteiger partial charge in [0.2, 0.25) is 5.91 Å². The summed E-state index contributed by atoms with van der Waals surface area (Å²) in [5.74, 6) is -0.671. The highest BCUT2D eigenvalue weighted by atomic mass is 16.5. The lowest BCUT2D eigenvalue weighted by atomic mass is 10.1. The van der Waals surface area contributed by atoms with Crippen molar-refractivity contribution >= 4 is 17.5 Å². The molecule has 2 amide bonds. The molecule has 0 aromatic heterocycles. The maximum atomic E-state index is 11.9. The lowest BCUT2D eigenvalue weighted by Crippen LogP contribution is -2.28. The van der Waals surface area contributed by atoms with Crippen LogP contribution >= 0.6 is 0 Å². The maximum absolute atomic E-state index is 11.9. The van der Waals surface area contributed by atoms with Gasteiger partial charge in [-0.15, -0.1) is 0 Å². The Morgan fingerprint density at radius 1 is 1.42 bits per heavy atom. The summed E-state index contributed by atoms with van der Waals surface area (Å²) in [7, 11) is 0. The molecule has 6 heteroatoms. The zero-order chi connectivity index (χ0) is 13.7. The van der Waals surface area contributed by atoms with Gasteiger partial charge in [0.05, 0.1) is 6.61 Å². The van der Waals surface area contributed by atoms with E-state index in [2.05, 4.69) is 10.6 Å². The normalized spacial score (nSPS) is 12.6.